The van der Waals surface area contributed by atoms with Crippen molar-refractivity contribution in [3.8, 4) is 12.1 Å². The predicted molar refractivity (Wildman–Crippen MR) is 154 cm³/mol. The molecule has 1 aliphatic heterocycles. The first-order chi connectivity index (χ1) is 18.8. The van der Waals surface area contributed by atoms with E-state index in [1.165, 1.54) is 0 Å². The van der Waals surface area contributed by atoms with Gasteiger partial charge in [0.2, 0.25) is 0 Å². The molecule has 4 N–H and O–H groups in total. The minimum atomic E-state index is -0.243. The van der Waals surface area contributed by atoms with Crippen LogP contribution in [0.2, 0.25) is 0 Å². The van der Waals surface area contributed by atoms with Crippen LogP contribution in [0.3, 0.4) is 0 Å². The predicted octanol–water partition coefficient (Wildman–Crippen LogP) is 5.53. The third kappa shape index (κ3) is 4.92. The van der Waals surface area contributed by atoms with Crippen molar-refractivity contribution in [3.05, 3.63) is 70.6 Å². The van der Waals surface area contributed by atoms with Gasteiger partial charge in [-0.2, -0.15) is 10.5 Å². The van der Waals surface area contributed by atoms with E-state index in [0.29, 0.717) is 34.9 Å². The SMILES string of the molecule is CC(C)(C)CNc1c(C#N)cnc2c(C#N)cc(N[C@@H](C3=CN(C4CC4)NN3)c3cccc4ncsc34)cc12. The highest BCUT2D eigenvalue weighted by Crippen LogP contribution is 2.38. The van der Waals surface area contributed by atoms with Crippen LogP contribution in [-0.4, -0.2) is 27.6 Å². The summed E-state index contributed by atoms with van der Waals surface area (Å²) in [4.78, 5) is 9.02. The number of fused-ring (bicyclic) bond motifs is 2. The maximum Gasteiger partial charge on any atom is 0.103 e. The van der Waals surface area contributed by atoms with Gasteiger partial charge in [-0.3, -0.25) is 9.99 Å². The summed E-state index contributed by atoms with van der Waals surface area (Å²) in [7, 11) is 0. The molecular weight excluding hydrogens is 506 g/mol. The van der Waals surface area contributed by atoms with Gasteiger partial charge in [-0.05, 0) is 42.0 Å². The van der Waals surface area contributed by atoms with Crippen molar-refractivity contribution in [2.45, 2.75) is 45.7 Å². The topological polar surface area (TPSA) is 125 Å². The molecule has 6 rings (SSSR count). The molecule has 2 aromatic heterocycles. The molecule has 0 radical (unpaired) electrons. The van der Waals surface area contributed by atoms with Gasteiger partial charge >= 0.3 is 0 Å². The molecule has 39 heavy (non-hydrogen) atoms. The lowest BCUT2D eigenvalue weighted by Crippen LogP contribution is -2.38. The molecule has 0 bridgehead atoms. The number of pyridine rings is 1. The summed E-state index contributed by atoms with van der Waals surface area (Å²) in [5.74, 6) is 0. The molecule has 1 aliphatic carbocycles. The van der Waals surface area contributed by atoms with Gasteiger partial charge in [0.15, 0.2) is 0 Å². The summed E-state index contributed by atoms with van der Waals surface area (Å²) in [6, 6.07) is 14.8. The van der Waals surface area contributed by atoms with Gasteiger partial charge in [-0.15, -0.1) is 16.9 Å². The maximum absolute atomic E-state index is 10.1. The lowest BCUT2D eigenvalue weighted by Gasteiger charge is -2.23. The second kappa shape index (κ2) is 9.73. The van der Waals surface area contributed by atoms with Gasteiger partial charge < -0.3 is 16.1 Å². The van der Waals surface area contributed by atoms with Gasteiger partial charge in [-0.1, -0.05) is 32.9 Å². The van der Waals surface area contributed by atoms with Crippen molar-refractivity contribution in [3.63, 3.8) is 0 Å². The smallest absolute Gasteiger partial charge is 0.103 e. The van der Waals surface area contributed by atoms with Gasteiger partial charge in [0.1, 0.15) is 12.1 Å². The number of rotatable bonds is 7. The highest BCUT2D eigenvalue weighted by molar-refractivity contribution is 7.17. The largest absolute Gasteiger partial charge is 0.383 e. The molecule has 2 aromatic carbocycles. The Labute approximate surface area is 231 Å². The normalized spacial score (nSPS) is 15.9. The zero-order chi connectivity index (χ0) is 27.1. The van der Waals surface area contributed by atoms with Crippen LogP contribution in [-0.2, 0) is 0 Å². The zero-order valence-electron chi connectivity index (χ0n) is 22.0. The van der Waals surface area contributed by atoms with E-state index < -0.39 is 0 Å². The minimum Gasteiger partial charge on any atom is -0.383 e. The van der Waals surface area contributed by atoms with Crippen molar-refractivity contribution in [2.75, 3.05) is 17.2 Å². The summed E-state index contributed by atoms with van der Waals surface area (Å²) < 4.78 is 1.10. The van der Waals surface area contributed by atoms with Crippen molar-refractivity contribution >= 4 is 43.8 Å². The fourth-order valence-corrected chi connectivity index (χ4v) is 5.60. The first kappa shape index (κ1) is 24.9. The maximum atomic E-state index is 10.1. The number of hydrogen-bond acceptors (Lipinski definition) is 10. The molecule has 1 atom stereocenters. The van der Waals surface area contributed by atoms with Crippen LogP contribution in [0, 0.1) is 28.1 Å². The third-order valence-corrected chi connectivity index (χ3v) is 7.77. The molecule has 9 nitrogen and oxygen atoms in total. The Morgan fingerprint density at radius 1 is 1.15 bits per heavy atom. The molecule has 3 heterocycles. The Morgan fingerprint density at radius 2 is 1.97 bits per heavy atom. The number of nitriles is 2. The lowest BCUT2D eigenvalue weighted by molar-refractivity contribution is 0.260. The van der Waals surface area contributed by atoms with Crippen LogP contribution in [0.15, 0.2) is 53.9 Å². The molecule has 1 fully saturated rings. The fourth-order valence-electron chi connectivity index (χ4n) is 4.76. The summed E-state index contributed by atoms with van der Waals surface area (Å²) in [6.07, 6.45) is 5.98. The molecule has 2 aliphatic rings. The number of nitrogens with zero attached hydrogens (tertiary/aromatic N) is 5. The standard InChI is InChI=1S/C29H29N9S/c1-29(2,3)15-33-26-18(12-31)13-32-25-17(11-30)9-19(10-22(25)26)35-27(24-14-38(37-36-24)20-7-8-20)21-5-4-6-23-28(21)39-16-34-23/h4-6,9-10,13-14,16,20,27,35-37H,7-8,15H2,1-3H3,(H,32,33)/t27-/m1/s1. The minimum absolute atomic E-state index is 0.00416. The number of aromatic nitrogens is 2. The molecule has 196 valence electrons. The molecule has 0 amide bonds. The number of hydrogen-bond donors (Lipinski definition) is 4. The van der Waals surface area contributed by atoms with E-state index in [-0.39, 0.29) is 11.5 Å². The lowest BCUT2D eigenvalue weighted by atomic mass is 9.96. The second-order valence-electron chi connectivity index (χ2n) is 11.2. The third-order valence-electron chi connectivity index (χ3n) is 6.88. The van der Waals surface area contributed by atoms with E-state index in [4.69, 9.17) is 0 Å². The van der Waals surface area contributed by atoms with Crippen molar-refractivity contribution < 1.29 is 0 Å². The van der Waals surface area contributed by atoms with Gasteiger partial charge in [0, 0.05) is 36.1 Å². The quantitative estimate of drug-likeness (QED) is 0.242. The first-order valence-electron chi connectivity index (χ1n) is 13.0. The van der Waals surface area contributed by atoms with Crippen LogP contribution < -0.4 is 21.6 Å². The Hall–Kier alpha value is -4.38. The van der Waals surface area contributed by atoms with Crippen molar-refractivity contribution in [1.82, 2.24) is 25.9 Å². The molecule has 0 saturated heterocycles. The molecule has 0 spiro atoms. The average molecular weight is 536 g/mol. The van der Waals surface area contributed by atoms with Crippen LogP contribution in [0.1, 0.15) is 56.3 Å². The molecule has 1 saturated carbocycles. The summed E-state index contributed by atoms with van der Waals surface area (Å²) in [5, 5.41) is 29.9. The average Bonchev–Trinajstić information content (AvgIpc) is 3.45. The molecule has 4 aromatic rings. The van der Waals surface area contributed by atoms with Gasteiger partial charge in [0.05, 0.1) is 49.8 Å². The fraction of sp³-hybridized carbons (Fsp3) is 0.310. The van der Waals surface area contributed by atoms with Crippen molar-refractivity contribution in [1.29, 1.82) is 10.5 Å². The molecular formula is C29H29N9S. The number of thiazole rings is 1. The monoisotopic (exact) mass is 535 g/mol. The zero-order valence-corrected chi connectivity index (χ0v) is 22.9. The van der Waals surface area contributed by atoms with Crippen LogP contribution in [0.25, 0.3) is 21.1 Å². The Balaban J connectivity index is 1.47. The highest BCUT2D eigenvalue weighted by Gasteiger charge is 2.33. The van der Waals surface area contributed by atoms with E-state index in [1.807, 2.05) is 29.8 Å². The van der Waals surface area contributed by atoms with E-state index in [1.54, 1.807) is 17.5 Å². The Morgan fingerprint density at radius 3 is 2.72 bits per heavy atom. The van der Waals surface area contributed by atoms with E-state index in [9.17, 15) is 10.5 Å². The molecule has 10 heteroatoms. The Kier molecular flexibility index (Phi) is 6.22. The second-order valence-corrected chi connectivity index (χ2v) is 12.0. The van der Waals surface area contributed by atoms with E-state index in [0.717, 1.165) is 45.4 Å². The number of anilines is 2. The van der Waals surface area contributed by atoms with Gasteiger partial charge in [0.25, 0.3) is 0 Å². The Bertz CT molecular complexity index is 1680. The highest BCUT2D eigenvalue weighted by atomic mass is 32.1. The molecule has 0 unspecified atom stereocenters. The van der Waals surface area contributed by atoms with Crippen LogP contribution in [0.5, 0.6) is 0 Å². The van der Waals surface area contributed by atoms with Crippen molar-refractivity contribution in [2.24, 2.45) is 5.41 Å². The van der Waals surface area contributed by atoms with Gasteiger partial charge in [-0.25, -0.2) is 4.98 Å². The number of benzene rings is 2. The summed E-state index contributed by atoms with van der Waals surface area (Å²) in [5.41, 5.74) is 14.4. The summed E-state index contributed by atoms with van der Waals surface area (Å²) >= 11 is 1.61. The van der Waals surface area contributed by atoms with E-state index in [2.05, 4.69) is 81.7 Å². The van der Waals surface area contributed by atoms with Crippen LogP contribution in [0.4, 0.5) is 11.4 Å². The van der Waals surface area contributed by atoms with Crippen LogP contribution >= 0.6 is 11.3 Å². The summed E-state index contributed by atoms with van der Waals surface area (Å²) in [6.45, 7) is 7.06. The van der Waals surface area contributed by atoms with E-state index >= 15 is 0 Å². The first-order valence-corrected chi connectivity index (χ1v) is 13.8. The number of hydrazine groups is 2. The number of nitrogens with one attached hydrogen (secondary N) is 4.